The highest BCUT2D eigenvalue weighted by Crippen LogP contribution is 2.06. The van der Waals surface area contributed by atoms with Crippen LogP contribution in [-0.2, 0) is 17.8 Å². The molecule has 0 unspecified atom stereocenters. The first kappa shape index (κ1) is 12.6. The summed E-state index contributed by atoms with van der Waals surface area (Å²) in [5.74, 6) is 0.258. The highest BCUT2D eigenvalue weighted by Gasteiger charge is 2.16. The van der Waals surface area contributed by atoms with Crippen LogP contribution in [0.5, 0.6) is 0 Å². The number of rotatable bonds is 6. The number of carboxylic acids is 1. The molecule has 1 rings (SSSR count). The van der Waals surface area contributed by atoms with Crippen molar-refractivity contribution >= 4 is 5.97 Å². The molecule has 0 atom stereocenters. The molecule has 6 nitrogen and oxygen atoms in total. The van der Waals surface area contributed by atoms with Crippen LogP contribution < -0.4 is 0 Å². The SMILES string of the molecule is CCc1nc(CN(CC(=O)O)C(C)C)no1. The summed E-state index contributed by atoms with van der Waals surface area (Å²) < 4.78 is 4.96. The Hall–Kier alpha value is -1.43. The minimum atomic E-state index is -0.854. The van der Waals surface area contributed by atoms with Gasteiger partial charge in [0.05, 0.1) is 13.1 Å². The maximum absolute atomic E-state index is 10.7. The van der Waals surface area contributed by atoms with Crippen LogP contribution >= 0.6 is 0 Å². The van der Waals surface area contributed by atoms with Gasteiger partial charge in [0.1, 0.15) is 0 Å². The molecule has 0 spiro atoms. The number of nitrogens with zero attached hydrogens (tertiary/aromatic N) is 3. The van der Waals surface area contributed by atoms with Crippen LogP contribution in [0, 0.1) is 0 Å². The van der Waals surface area contributed by atoms with Crippen LogP contribution in [0.15, 0.2) is 4.52 Å². The lowest BCUT2D eigenvalue weighted by atomic mass is 10.3. The number of aromatic nitrogens is 2. The standard InChI is InChI=1S/C10H17N3O3/c1-4-9-11-8(12-16-9)5-13(7(2)3)6-10(14)15/h7H,4-6H2,1-3H3,(H,14,15). The molecule has 0 saturated heterocycles. The zero-order valence-electron chi connectivity index (χ0n) is 9.80. The summed E-state index contributed by atoms with van der Waals surface area (Å²) >= 11 is 0. The Bertz CT molecular complexity index is 349. The highest BCUT2D eigenvalue weighted by molar-refractivity contribution is 5.69. The monoisotopic (exact) mass is 227 g/mol. The zero-order valence-corrected chi connectivity index (χ0v) is 9.80. The van der Waals surface area contributed by atoms with E-state index in [2.05, 4.69) is 10.1 Å². The van der Waals surface area contributed by atoms with Crippen LogP contribution in [-0.4, -0.2) is 38.7 Å². The summed E-state index contributed by atoms with van der Waals surface area (Å²) in [7, 11) is 0. The van der Waals surface area contributed by atoms with Gasteiger partial charge >= 0.3 is 5.97 Å². The van der Waals surface area contributed by atoms with Gasteiger partial charge in [0, 0.05) is 12.5 Å². The third-order valence-corrected chi connectivity index (χ3v) is 2.23. The Balaban J connectivity index is 2.63. The van der Waals surface area contributed by atoms with E-state index in [4.69, 9.17) is 9.63 Å². The molecule has 0 saturated carbocycles. The number of hydrogen-bond donors (Lipinski definition) is 1. The highest BCUT2D eigenvalue weighted by atomic mass is 16.5. The number of carboxylic acid groups (broad SMARTS) is 1. The predicted molar refractivity (Wildman–Crippen MR) is 56.9 cm³/mol. The third kappa shape index (κ3) is 3.62. The largest absolute Gasteiger partial charge is 0.480 e. The van der Waals surface area contributed by atoms with Crippen molar-refractivity contribution in [1.82, 2.24) is 15.0 Å². The number of carbonyl (C=O) groups is 1. The molecule has 0 radical (unpaired) electrons. The lowest BCUT2D eigenvalue weighted by Crippen LogP contribution is -2.35. The van der Waals surface area contributed by atoms with E-state index in [0.717, 1.165) is 0 Å². The van der Waals surface area contributed by atoms with E-state index in [0.29, 0.717) is 24.7 Å². The minimum Gasteiger partial charge on any atom is -0.480 e. The molecule has 0 aliphatic rings. The van der Waals surface area contributed by atoms with Gasteiger partial charge in [0.2, 0.25) is 5.89 Å². The van der Waals surface area contributed by atoms with Crippen molar-refractivity contribution in [2.45, 2.75) is 39.8 Å². The molecule has 0 aliphatic carbocycles. The first-order valence-corrected chi connectivity index (χ1v) is 5.30. The zero-order chi connectivity index (χ0) is 12.1. The summed E-state index contributed by atoms with van der Waals surface area (Å²) in [5, 5.41) is 12.6. The van der Waals surface area contributed by atoms with Gasteiger partial charge < -0.3 is 9.63 Å². The second-order valence-electron chi connectivity index (χ2n) is 3.85. The Labute approximate surface area is 94.3 Å². The van der Waals surface area contributed by atoms with Crippen LogP contribution in [0.3, 0.4) is 0 Å². The van der Waals surface area contributed by atoms with Crippen molar-refractivity contribution in [3.8, 4) is 0 Å². The van der Waals surface area contributed by atoms with E-state index in [-0.39, 0.29) is 12.6 Å². The molecule has 0 aromatic carbocycles. The molecule has 1 aromatic rings. The Morgan fingerprint density at radius 3 is 2.69 bits per heavy atom. The molecular formula is C10H17N3O3. The van der Waals surface area contributed by atoms with Crippen molar-refractivity contribution in [3.63, 3.8) is 0 Å². The van der Waals surface area contributed by atoms with E-state index in [1.807, 2.05) is 20.8 Å². The van der Waals surface area contributed by atoms with Crippen molar-refractivity contribution in [2.24, 2.45) is 0 Å². The van der Waals surface area contributed by atoms with Crippen molar-refractivity contribution < 1.29 is 14.4 Å². The van der Waals surface area contributed by atoms with Gasteiger partial charge in [-0.3, -0.25) is 9.69 Å². The predicted octanol–water partition coefficient (Wildman–Crippen LogP) is 0.927. The van der Waals surface area contributed by atoms with Gasteiger partial charge in [-0.1, -0.05) is 12.1 Å². The lowest BCUT2D eigenvalue weighted by Gasteiger charge is -2.22. The average Bonchev–Trinajstić information content (AvgIpc) is 2.63. The van der Waals surface area contributed by atoms with Crippen LogP contribution in [0.1, 0.15) is 32.5 Å². The van der Waals surface area contributed by atoms with E-state index >= 15 is 0 Å². The summed E-state index contributed by atoms with van der Waals surface area (Å²) in [4.78, 5) is 16.6. The maximum Gasteiger partial charge on any atom is 0.317 e. The smallest absolute Gasteiger partial charge is 0.317 e. The fourth-order valence-electron chi connectivity index (χ4n) is 1.27. The number of hydrogen-bond acceptors (Lipinski definition) is 5. The van der Waals surface area contributed by atoms with Crippen LogP contribution in [0.4, 0.5) is 0 Å². The molecule has 0 amide bonds. The van der Waals surface area contributed by atoms with Gasteiger partial charge in [-0.15, -0.1) is 0 Å². The second-order valence-corrected chi connectivity index (χ2v) is 3.85. The van der Waals surface area contributed by atoms with Gasteiger partial charge in [-0.05, 0) is 13.8 Å². The number of aryl methyl sites for hydroxylation is 1. The maximum atomic E-state index is 10.7. The number of aliphatic carboxylic acids is 1. The Morgan fingerprint density at radius 1 is 1.56 bits per heavy atom. The fourth-order valence-corrected chi connectivity index (χ4v) is 1.27. The molecule has 1 heterocycles. The van der Waals surface area contributed by atoms with Crippen molar-refractivity contribution in [3.05, 3.63) is 11.7 Å². The van der Waals surface area contributed by atoms with Gasteiger partial charge in [0.25, 0.3) is 0 Å². The Kier molecular flexibility index (Phi) is 4.42. The van der Waals surface area contributed by atoms with E-state index in [1.165, 1.54) is 0 Å². The van der Waals surface area contributed by atoms with Crippen LogP contribution in [0.2, 0.25) is 0 Å². The molecule has 0 fully saturated rings. The lowest BCUT2D eigenvalue weighted by molar-refractivity contribution is -0.139. The van der Waals surface area contributed by atoms with Crippen molar-refractivity contribution in [1.29, 1.82) is 0 Å². The molecule has 16 heavy (non-hydrogen) atoms. The summed E-state index contributed by atoms with van der Waals surface area (Å²) in [6, 6.07) is 0.125. The fraction of sp³-hybridized carbons (Fsp3) is 0.700. The van der Waals surface area contributed by atoms with Gasteiger partial charge in [0.15, 0.2) is 5.82 Å². The Morgan fingerprint density at radius 2 is 2.25 bits per heavy atom. The molecule has 1 aromatic heterocycles. The quantitative estimate of drug-likeness (QED) is 0.778. The molecular weight excluding hydrogens is 210 g/mol. The first-order chi connectivity index (χ1) is 7.52. The van der Waals surface area contributed by atoms with E-state index < -0.39 is 5.97 Å². The average molecular weight is 227 g/mol. The summed E-state index contributed by atoms with van der Waals surface area (Å²) in [6.07, 6.45) is 0.688. The van der Waals surface area contributed by atoms with Crippen molar-refractivity contribution in [2.75, 3.05) is 6.54 Å². The molecule has 90 valence electrons. The molecule has 6 heteroatoms. The summed E-state index contributed by atoms with van der Waals surface area (Å²) in [5.41, 5.74) is 0. The normalized spacial score (nSPS) is 11.3. The topological polar surface area (TPSA) is 79.5 Å². The summed E-state index contributed by atoms with van der Waals surface area (Å²) in [6.45, 7) is 6.17. The minimum absolute atomic E-state index is 0.0202. The van der Waals surface area contributed by atoms with E-state index in [1.54, 1.807) is 4.90 Å². The van der Waals surface area contributed by atoms with Gasteiger partial charge in [-0.2, -0.15) is 4.98 Å². The second kappa shape index (κ2) is 5.60. The first-order valence-electron chi connectivity index (χ1n) is 5.30. The van der Waals surface area contributed by atoms with Gasteiger partial charge in [-0.25, -0.2) is 0 Å². The van der Waals surface area contributed by atoms with E-state index in [9.17, 15) is 4.79 Å². The molecule has 1 N–H and O–H groups in total. The van der Waals surface area contributed by atoms with Crippen LogP contribution in [0.25, 0.3) is 0 Å². The molecule has 0 bridgehead atoms. The third-order valence-electron chi connectivity index (χ3n) is 2.23. The molecule has 0 aliphatic heterocycles.